The maximum atomic E-state index is 12.2. The van der Waals surface area contributed by atoms with Crippen LogP contribution in [0.5, 0.6) is 0 Å². The van der Waals surface area contributed by atoms with Crippen LogP contribution in [0.2, 0.25) is 0 Å². The number of carbonyl (C=O) groups is 2. The fourth-order valence-electron chi connectivity index (χ4n) is 2.91. The average molecular weight is 334 g/mol. The Labute approximate surface area is 127 Å². The number of rotatable bonds is 5. The standard InChI is InChI=1S/C11H18N4O6S/c16-10(13-12-7-2-1-3-7)9-5-4-8-6-14(9)11(17)15(8)21-22(18,19)20/h7-9,12H,1-6H2,(H,13,16)(H,18,19,20)/t8-,9+/m0/s1. The molecule has 1 aliphatic carbocycles. The Hall–Kier alpha value is -1.43. The number of nitrogens with one attached hydrogen (secondary N) is 2. The van der Waals surface area contributed by atoms with Crippen molar-refractivity contribution in [2.45, 2.75) is 50.2 Å². The zero-order valence-electron chi connectivity index (χ0n) is 11.8. The van der Waals surface area contributed by atoms with Crippen LogP contribution in [0.3, 0.4) is 0 Å². The summed E-state index contributed by atoms with van der Waals surface area (Å²) in [4.78, 5) is 25.6. The molecule has 0 radical (unpaired) electrons. The van der Waals surface area contributed by atoms with Crippen molar-refractivity contribution >= 4 is 22.3 Å². The molecule has 0 unspecified atom stereocenters. The van der Waals surface area contributed by atoms with E-state index >= 15 is 0 Å². The normalized spacial score (nSPS) is 28.7. The first-order valence-corrected chi connectivity index (χ1v) is 8.54. The van der Waals surface area contributed by atoms with E-state index in [1.165, 1.54) is 4.90 Å². The van der Waals surface area contributed by atoms with Crippen LogP contribution in [-0.4, -0.2) is 59.5 Å². The fraction of sp³-hybridized carbons (Fsp3) is 0.818. The van der Waals surface area contributed by atoms with Crippen LogP contribution in [0, 0.1) is 0 Å². The van der Waals surface area contributed by atoms with Crippen LogP contribution >= 0.6 is 0 Å². The lowest BCUT2D eigenvalue weighted by Gasteiger charge is -2.31. The monoisotopic (exact) mass is 334 g/mol. The van der Waals surface area contributed by atoms with Crippen molar-refractivity contribution < 1.29 is 26.8 Å². The molecular formula is C11H18N4O6S. The molecule has 3 amide bonds. The first kappa shape index (κ1) is 15.5. The van der Waals surface area contributed by atoms with Crippen LogP contribution < -0.4 is 10.9 Å². The summed E-state index contributed by atoms with van der Waals surface area (Å²) in [6.07, 6.45) is 3.96. The largest absolute Gasteiger partial charge is 0.418 e. The van der Waals surface area contributed by atoms with Crippen molar-refractivity contribution in [3.05, 3.63) is 0 Å². The number of hydroxylamine groups is 2. The molecule has 124 valence electrons. The minimum absolute atomic E-state index is 0.190. The summed E-state index contributed by atoms with van der Waals surface area (Å²) < 4.78 is 34.6. The molecule has 3 aliphatic rings. The van der Waals surface area contributed by atoms with Gasteiger partial charge in [-0.2, -0.15) is 13.5 Å². The Morgan fingerprint density at radius 2 is 2.00 bits per heavy atom. The third-order valence-corrected chi connectivity index (χ3v) is 4.65. The van der Waals surface area contributed by atoms with E-state index < -0.39 is 28.5 Å². The van der Waals surface area contributed by atoms with E-state index in [-0.39, 0.29) is 18.5 Å². The van der Waals surface area contributed by atoms with Crippen LogP contribution in [-0.2, 0) is 19.5 Å². The Morgan fingerprint density at radius 3 is 2.59 bits per heavy atom. The van der Waals surface area contributed by atoms with Gasteiger partial charge in [0.05, 0.1) is 6.04 Å². The number of hydrogen-bond acceptors (Lipinski definition) is 6. The average Bonchev–Trinajstić information content (AvgIpc) is 2.61. The van der Waals surface area contributed by atoms with Crippen molar-refractivity contribution in [1.29, 1.82) is 0 Å². The highest BCUT2D eigenvalue weighted by molar-refractivity contribution is 7.80. The molecule has 11 heteroatoms. The van der Waals surface area contributed by atoms with Crippen LogP contribution in [0.1, 0.15) is 32.1 Å². The third-order valence-electron chi connectivity index (χ3n) is 4.30. The van der Waals surface area contributed by atoms with Crippen molar-refractivity contribution in [3.8, 4) is 0 Å². The van der Waals surface area contributed by atoms with Gasteiger partial charge in [0.15, 0.2) is 0 Å². The number of hydrogen-bond donors (Lipinski definition) is 3. The molecule has 0 aromatic rings. The summed E-state index contributed by atoms with van der Waals surface area (Å²) in [5.41, 5.74) is 5.53. The molecule has 0 aromatic carbocycles. The maximum Gasteiger partial charge on any atom is 0.418 e. The van der Waals surface area contributed by atoms with Crippen molar-refractivity contribution in [2.24, 2.45) is 0 Å². The molecule has 0 spiro atoms. The number of urea groups is 1. The number of nitrogens with zero attached hydrogens (tertiary/aromatic N) is 2. The molecule has 3 rings (SSSR count). The topological polar surface area (TPSA) is 128 Å². The molecule has 0 aromatic heterocycles. The van der Waals surface area contributed by atoms with E-state index in [0.717, 1.165) is 19.3 Å². The summed E-state index contributed by atoms with van der Waals surface area (Å²) in [6, 6.07) is -1.62. The van der Waals surface area contributed by atoms with Gasteiger partial charge in [-0.05, 0) is 25.7 Å². The second-order valence-electron chi connectivity index (χ2n) is 5.77. The lowest BCUT2D eigenvalue weighted by Crippen LogP contribution is -2.55. The summed E-state index contributed by atoms with van der Waals surface area (Å²) in [6.45, 7) is 0.190. The number of fused-ring (bicyclic) bond motifs is 2. The number of hydrazine groups is 1. The lowest BCUT2D eigenvalue weighted by molar-refractivity contribution is -0.127. The van der Waals surface area contributed by atoms with Gasteiger partial charge in [0.2, 0.25) is 0 Å². The van der Waals surface area contributed by atoms with Crippen LogP contribution in [0.4, 0.5) is 4.79 Å². The fourth-order valence-corrected chi connectivity index (χ4v) is 3.30. The molecule has 3 N–H and O–H groups in total. The highest BCUT2D eigenvalue weighted by atomic mass is 32.3. The van der Waals surface area contributed by atoms with Gasteiger partial charge in [0, 0.05) is 12.6 Å². The number of piperidine rings is 1. The van der Waals surface area contributed by atoms with E-state index in [1.54, 1.807) is 0 Å². The molecule has 2 aliphatic heterocycles. The van der Waals surface area contributed by atoms with Gasteiger partial charge in [-0.3, -0.25) is 14.8 Å². The highest BCUT2D eigenvalue weighted by Crippen LogP contribution is 2.30. The molecule has 10 nitrogen and oxygen atoms in total. The Morgan fingerprint density at radius 1 is 1.27 bits per heavy atom. The Balaban J connectivity index is 1.62. The van der Waals surface area contributed by atoms with Gasteiger partial charge in [0.25, 0.3) is 5.91 Å². The van der Waals surface area contributed by atoms with Gasteiger partial charge in [0.1, 0.15) is 6.04 Å². The molecule has 2 heterocycles. The minimum atomic E-state index is -4.77. The van der Waals surface area contributed by atoms with Gasteiger partial charge < -0.3 is 4.90 Å². The van der Waals surface area contributed by atoms with E-state index in [1.807, 2.05) is 0 Å². The van der Waals surface area contributed by atoms with Crippen LogP contribution in [0.15, 0.2) is 0 Å². The smallest absolute Gasteiger partial charge is 0.309 e. The maximum absolute atomic E-state index is 12.2. The van der Waals surface area contributed by atoms with Crippen molar-refractivity contribution in [3.63, 3.8) is 0 Å². The Bertz CT molecular complexity index is 577. The summed E-state index contributed by atoms with van der Waals surface area (Å²) in [5.74, 6) is -0.326. The second kappa shape index (κ2) is 5.65. The van der Waals surface area contributed by atoms with E-state index in [4.69, 9.17) is 4.55 Å². The van der Waals surface area contributed by atoms with E-state index in [9.17, 15) is 18.0 Å². The molecule has 2 atom stereocenters. The number of amides is 3. The molecule has 1 saturated carbocycles. The van der Waals surface area contributed by atoms with Gasteiger partial charge in [-0.15, -0.1) is 4.28 Å². The lowest BCUT2D eigenvalue weighted by atomic mass is 9.94. The van der Waals surface area contributed by atoms with Gasteiger partial charge >= 0.3 is 16.4 Å². The first-order chi connectivity index (χ1) is 10.3. The van der Waals surface area contributed by atoms with Crippen LogP contribution in [0.25, 0.3) is 0 Å². The summed E-state index contributed by atoms with van der Waals surface area (Å²) in [5, 5.41) is 0.627. The third kappa shape index (κ3) is 3.02. The molecule has 22 heavy (non-hydrogen) atoms. The predicted molar refractivity (Wildman–Crippen MR) is 72.3 cm³/mol. The zero-order valence-corrected chi connectivity index (χ0v) is 12.6. The quantitative estimate of drug-likeness (QED) is 0.442. The van der Waals surface area contributed by atoms with Crippen molar-refractivity contribution in [2.75, 3.05) is 6.54 Å². The molecular weight excluding hydrogens is 316 g/mol. The second-order valence-corrected chi connectivity index (χ2v) is 6.78. The van der Waals surface area contributed by atoms with Gasteiger partial charge in [-0.1, -0.05) is 6.42 Å². The molecule has 2 bridgehead atoms. The van der Waals surface area contributed by atoms with Crippen molar-refractivity contribution in [1.82, 2.24) is 20.8 Å². The molecule has 3 fully saturated rings. The summed E-state index contributed by atoms with van der Waals surface area (Å²) >= 11 is 0. The number of carbonyl (C=O) groups excluding carboxylic acids is 2. The van der Waals surface area contributed by atoms with E-state index in [2.05, 4.69) is 15.1 Å². The highest BCUT2D eigenvalue weighted by Gasteiger charge is 2.49. The zero-order chi connectivity index (χ0) is 15.9. The predicted octanol–water partition coefficient (Wildman–Crippen LogP) is -0.837. The first-order valence-electron chi connectivity index (χ1n) is 7.17. The van der Waals surface area contributed by atoms with E-state index in [0.29, 0.717) is 17.9 Å². The molecule has 2 saturated heterocycles. The van der Waals surface area contributed by atoms with Gasteiger partial charge in [-0.25, -0.2) is 10.2 Å². The Kier molecular flexibility index (Phi) is 3.97. The summed E-state index contributed by atoms with van der Waals surface area (Å²) in [7, 11) is -4.77. The SMILES string of the molecule is O=C(NNC1CCC1)[C@H]1CC[C@H]2CN1C(=O)N2OS(=O)(=O)O. The minimum Gasteiger partial charge on any atom is -0.309 e.